The minimum Gasteiger partial charge on any atom is -0.508 e. The Morgan fingerprint density at radius 1 is 0.675 bits per heavy atom. The molecular formula is C26H28O14. The van der Waals surface area contributed by atoms with E-state index in [0.717, 1.165) is 6.07 Å². The highest BCUT2D eigenvalue weighted by Gasteiger charge is 2.49. The number of phenols is 3. The lowest BCUT2D eigenvalue weighted by molar-refractivity contribution is -0.232. The van der Waals surface area contributed by atoms with Gasteiger partial charge < -0.3 is 65.0 Å². The highest BCUT2D eigenvalue weighted by Crippen LogP contribution is 2.51. The summed E-state index contributed by atoms with van der Waals surface area (Å²) < 4.78 is 17.0. The first kappa shape index (κ1) is 28.2. The summed E-state index contributed by atoms with van der Waals surface area (Å²) in [5, 5.41) is 103. The lowest BCUT2D eigenvalue weighted by atomic mass is 9.87. The fraction of sp³-hybridized carbons (Fsp3) is 0.423. The van der Waals surface area contributed by atoms with Gasteiger partial charge in [0.15, 0.2) is 11.0 Å². The van der Waals surface area contributed by atoms with Crippen molar-refractivity contribution < 1.29 is 65.0 Å². The van der Waals surface area contributed by atoms with Gasteiger partial charge >= 0.3 is 0 Å². The predicted octanol–water partition coefficient (Wildman–Crippen LogP) is -1.75. The average Bonchev–Trinajstić information content (AvgIpc) is 3.21. The number of aliphatic hydroxyl groups excluding tert-OH is 7. The molecule has 0 unspecified atom stereocenters. The molecule has 1 aromatic heterocycles. The average molecular weight is 564 g/mol. The SMILES string of the molecule is O=c1cc(-c2ccc(O)cc2)oc2c([C@@H]3O[C@H](CO)[C@@H](O)[C@@H]3O)c(O)c([C@@H]3O[C@H](CO)[C@@H](O)[C@H](O)[C@H]3O)c(O)c12. The number of benzene rings is 2. The minimum atomic E-state index is -1.98. The van der Waals surface area contributed by atoms with Crippen molar-refractivity contribution in [2.75, 3.05) is 13.2 Å². The topological polar surface area (TPSA) is 251 Å². The van der Waals surface area contributed by atoms with Crippen LogP contribution >= 0.6 is 0 Å². The van der Waals surface area contributed by atoms with Crippen molar-refractivity contribution >= 4 is 11.0 Å². The Balaban J connectivity index is 1.80. The van der Waals surface area contributed by atoms with E-state index in [1.54, 1.807) is 0 Å². The van der Waals surface area contributed by atoms with Crippen molar-refractivity contribution in [3.63, 3.8) is 0 Å². The van der Waals surface area contributed by atoms with Crippen LogP contribution in [0.4, 0.5) is 0 Å². The van der Waals surface area contributed by atoms with Crippen LogP contribution in [0.15, 0.2) is 39.5 Å². The predicted molar refractivity (Wildman–Crippen MR) is 132 cm³/mol. The molecule has 14 heteroatoms. The number of ether oxygens (including phenoxy) is 2. The molecule has 0 bridgehead atoms. The van der Waals surface area contributed by atoms with E-state index in [1.165, 1.54) is 24.3 Å². The number of aliphatic hydroxyl groups is 7. The lowest BCUT2D eigenvalue weighted by Gasteiger charge is -2.40. The molecule has 2 aliphatic heterocycles. The number of fused-ring (bicyclic) bond motifs is 1. The zero-order valence-electron chi connectivity index (χ0n) is 20.6. The number of hydrogen-bond donors (Lipinski definition) is 10. The molecule has 10 N–H and O–H groups in total. The molecular weight excluding hydrogens is 536 g/mol. The molecule has 0 amide bonds. The van der Waals surface area contributed by atoms with Gasteiger partial charge in [-0.3, -0.25) is 4.79 Å². The molecule has 0 radical (unpaired) electrons. The number of rotatable bonds is 5. The maximum atomic E-state index is 13.4. The Bertz CT molecular complexity index is 1450. The third-order valence-corrected chi connectivity index (χ3v) is 7.35. The summed E-state index contributed by atoms with van der Waals surface area (Å²) in [7, 11) is 0. The van der Waals surface area contributed by atoms with Gasteiger partial charge in [-0.05, 0) is 24.3 Å². The molecule has 3 aromatic rings. The van der Waals surface area contributed by atoms with Gasteiger partial charge in [-0.25, -0.2) is 0 Å². The van der Waals surface area contributed by atoms with E-state index in [9.17, 15) is 55.9 Å². The zero-order valence-corrected chi connectivity index (χ0v) is 20.6. The fourth-order valence-electron chi connectivity index (χ4n) is 5.19. The normalized spacial score (nSPS) is 32.5. The van der Waals surface area contributed by atoms with Crippen LogP contribution in [0.5, 0.6) is 17.2 Å². The first-order valence-electron chi connectivity index (χ1n) is 12.3. The van der Waals surface area contributed by atoms with E-state index in [1.807, 2.05) is 0 Å². The Labute approximate surface area is 224 Å². The molecule has 14 nitrogen and oxygen atoms in total. The summed E-state index contributed by atoms with van der Waals surface area (Å²) in [6.07, 6.45) is -15.3. The number of phenolic OH excluding ortho intramolecular Hbond substituents is 3. The number of hydrogen-bond acceptors (Lipinski definition) is 14. The molecule has 0 saturated carbocycles. The molecule has 2 saturated heterocycles. The molecule has 40 heavy (non-hydrogen) atoms. The Morgan fingerprint density at radius 2 is 1.20 bits per heavy atom. The van der Waals surface area contributed by atoms with Crippen LogP contribution in [0.3, 0.4) is 0 Å². The molecule has 2 aliphatic rings. The standard InChI is InChI=1S/C26H28O14/c27-6-12-17(31)21(35)23(37)25(39-12)15-19(33)14-10(30)5-11(8-1-3-9(29)4-2-8)38-24(14)16(20(15)34)26-22(36)18(32)13(7-28)40-26/h1-5,12-13,17-18,21-23,25-29,31-37H,6-7H2/t12-,13-,17-,18-,21+,22+,23-,25+,26+/m1/s1. The maximum Gasteiger partial charge on any atom is 0.197 e. The molecule has 5 rings (SSSR count). The van der Waals surface area contributed by atoms with Crippen molar-refractivity contribution in [2.24, 2.45) is 0 Å². The van der Waals surface area contributed by atoms with Crippen molar-refractivity contribution in [1.29, 1.82) is 0 Å². The second-order valence-electron chi connectivity index (χ2n) is 9.76. The van der Waals surface area contributed by atoms with Crippen LogP contribution in [-0.2, 0) is 9.47 Å². The van der Waals surface area contributed by atoms with E-state index >= 15 is 0 Å². The third kappa shape index (κ3) is 4.39. The van der Waals surface area contributed by atoms with Gasteiger partial charge in [0, 0.05) is 11.6 Å². The molecule has 0 aliphatic carbocycles. The molecule has 2 fully saturated rings. The molecule has 2 aromatic carbocycles. The molecule has 9 atom stereocenters. The Kier molecular flexibility index (Phi) is 7.47. The van der Waals surface area contributed by atoms with Crippen molar-refractivity contribution in [1.82, 2.24) is 0 Å². The third-order valence-electron chi connectivity index (χ3n) is 7.35. The quantitative estimate of drug-likeness (QED) is 0.165. The summed E-state index contributed by atoms with van der Waals surface area (Å²) in [5.74, 6) is -2.00. The van der Waals surface area contributed by atoms with Gasteiger partial charge in [-0.15, -0.1) is 0 Å². The Hall–Kier alpha value is -3.31. The Morgan fingerprint density at radius 3 is 1.75 bits per heavy atom. The summed E-state index contributed by atoms with van der Waals surface area (Å²) >= 11 is 0. The van der Waals surface area contributed by atoms with E-state index in [0.29, 0.717) is 5.56 Å². The first-order valence-corrected chi connectivity index (χ1v) is 12.3. The first-order chi connectivity index (χ1) is 19.0. The van der Waals surface area contributed by atoms with Crippen LogP contribution in [0.2, 0.25) is 0 Å². The van der Waals surface area contributed by atoms with Crippen LogP contribution in [0.25, 0.3) is 22.3 Å². The largest absolute Gasteiger partial charge is 0.508 e. The second-order valence-corrected chi connectivity index (χ2v) is 9.76. The minimum absolute atomic E-state index is 0.0708. The fourth-order valence-corrected chi connectivity index (χ4v) is 5.19. The van der Waals surface area contributed by atoms with Crippen LogP contribution < -0.4 is 5.43 Å². The van der Waals surface area contributed by atoms with Gasteiger partial charge in [0.05, 0.1) is 24.3 Å². The molecule has 3 heterocycles. The second kappa shape index (κ2) is 10.6. The highest BCUT2D eigenvalue weighted by atomic mass is 16.6. The summed E-state index contributed by atoms with van der Waals surface area (Å²) in [4.78, 5) is 13.4. The summed E-state index contributed by atoms with van der Waals surface area (Å²) in [5.41, 5.74) is -2.14. The van der Waals surface area contributed by atoms with Gasteiger partial charge in [-0.1, -0.05) is 0 Å². The van der Waals surface area contributed by atoms with E-state index in [4.69, 9.17) is 13.9 Å². The summed E-state index contributed by atoms with van der Waals surface area (Å²) in [6.45, 7) is -1.55. The molecule has 216 valence electrons. The van der Waals surface area contributed by atoms with E-state index in [-0.39, 0.29) is 11.5 Å². The smallest absolute Gasteiger partial charge is 0.197 e. The van der Waals surface area contributed by atoms with Crippen LogP contribution in [-0.4, -0.2) is 107 Å². The maximum absolute atomic E-state index is 13.4. The van der Waals surface area contributed by atoms with Gasteiger partial charge in [0.1, 0.15) is 83.3 Å². The van der Waals surface area contributed by atoms with E-state index in [2.05, 4.69) is 0 Å². The zero-order chi connectivity index (χ0) is 29.0. The van der Waals surface area contributed by atoms with Crippen molar-refractivity contribution in [3.05, 3.63) is 51.7 Å². The molecule has 0 spiro atoms. The van der Waals surface area contributed by atoms with Crippen molar-refractivity contribution in [2.45, 2.75) is 54.9 Å². The van der Waals surface area contributed by atoms with Gasteiger partial charge in [0.25, 0.3) is 0 Å². The monoisotopic (exact) mass is 564 g/mol. The van der Waals surface area contributed by atoms with Crippen LogP contribution in [0.1, 0.15) is 23.3 Å². The lowest BCUT2D eigenvalue weighted by Crippen LogP contribution is -2.55. The van der Waals surface area contributed by atoms with Crippen molar-refractivity contribution in [3.8, 4) is 28.6 Å². The summed E-state index contributed by atoms with van der Waals surface area (Å²) in [6, 6.07) is 6.50. The van der Waals surface area contributed by atoms with E-state index < -0.39 is 107 Å². The highest BCUT2D eigenvalue weighted by molar-refractivity contribution is 5.92. The van der Waals surface area contributed by atoms with Crippen LogP contribution in [0, 0.1) is 0 Å². The van der Waals surface area contributed by atoms with Gasteiger partial charge in [0.2, 0.25) is 0 Å². The number of aromatic hydroxyl groups is 3. The van der Waals surface area contributed by atoms with Gasteiger partial charge in [-0.2, -0.15) is 0 Å².